The van der Waals surface area contributed by atoms with Crippen LogP contribution in [0, 0.1) is 5.92 Å². The highest BCUT2D eigenvalue weighted by Crippen LogP contribution is 2.29. The molecule has 0 bridgehead atoms. The van der Waals surface area contributed by atoms with Crippen LogP contribution in [0.1, 0.15) is 48.5 Å². The number of rotatable bonds is 7. The molecule has 0 aliphatic heterocycles. The van der Waals surface area contributed by atoms with Crippen LogP contribution in [0.25, 0.3) is 22.2 Å². The molecule has 1 atom stereocenters. The van der Waals surface area contributed by atoms with Crippen molar-refractivity contribution in [3.05, 3.63) is 65.7 Å². The third-order valence-electron chi connectivity index (χ3n) is 6.35. The summed E-state index contributed by atoms with van der Waals surface area (Å²) < 4.78 is 0. The van der Waals surface area contributed by atoms with Crippen LogP contribution < -0.4 is 0 Å². The Morgan fingerprint density at radius 3 is 2.33 bits per heavy atom. The number of amides is 1. The van der Waals surface area contributed by atoms with Crippen molar-refractivity contribution in [3.63, 3.8) is 0 Å². The molecule has 2 aromatic carbocycles. The number of aromatic nitrogens is 1. The van der Waals surface area contributed by atoms with Gasteiger partial charge >= 0.3 is 11.9 Å². The first-order valence-corrected chi connectivity index (χ1v) is 11.1. The van der Waals surface area contributed by atoms with Crippen molar-refractivity contribution >= 4 is 28.7 Å². The highest BCUT2D eigenvalue weighted by atomic mass is 16.4. The Labute approximate surface area is 191 Å². The maximum Gasteiger partial charge on any atom is 0.335 e. The maximum absolute atomic E-state index is 13.0. The van der Waals surface area contributed by atoms with Gasteiger partial charge in [0.25, 0.3) is 0 Å². The molecule has 4 rings (SSSR count). The summed E-state index contributed by atoms with van der Waals surface area (Å²) in [5.41, 5.74) is 3.37. The summed E-state index contributed by atoms with van der Waals surface area (Å²) in [6, 6.07) is 15.1. The first-order valence-electron chi connectivity index (χ1n) is 11.1. The molecule has 1 aliphatic rings. The van der Waals surface area contributed by atoms with Gasteiger partial charge in [-0.15, -0.1) is 0 Å². The molecule has 1 saturated carbocycles. The predicted octanol–water partition coefficient (Wildman–Crippen LogP) is 4.59. The van der Waals surface area contributed by atoms with Crippen LogP contribution in [0.2, 0.25) is 0 Å². The molecule has 1 fully saturated rings. The maximum atomic E-state index is 13.0. The lowest BCUT2D eigenvalue weighted by atomic mass is 10.0. The molecule has 1 unspecified atom stereocenters. The summed E-state index contributed by atoms with van der Waals surface area (Å²) in [4.78, 5) is 41.9. The highest BCUT2D eigenvalue weighted by Gasteiger charge is 2.32. The zero-order valence-electron chi connectivity index (χ0n) is 18.4. The van der Waals surface area contributed by atoms with Gasteiger partial charge in [0, 0.05) is 23.4 Å². The summed E-state index contributed by atoms with van der Waals surface area (Å²) in [7, 11) is 0. The van der Waals surface area contributed by atoms with E-state index < -0.39 is 18.0 Å². The number of aromatic carboxylic acids is 1. The first kappa shape index (κ1) is 22.5. The average Bonchev–Trinajstić information content (AvgIpc) is 3.36. The Balaban J connectivity index is 1.58. The Hall–Kier alpha value is -3.74. The monoisotopic (exact) mass is 446 g/mol. The fourth-order valence-corrected chi connectivity index (χ4v) is 4.36. The average molecular weight is 447 g/mol. The number of hydrogen-bond acceptors (Lipinski definition) is 4. The summed E-state index contributed by atoms with van der Waals surface area (Å²) >= 11 is 0. The third-order valence-corrected chi connectivity index (χ3v) is 6.35. The molecular weight excluding hydrogens is 420 g/mol. The molecule has 33 heavy (non-hydrogen) atoms. The topological polar surface area (TPSA) is 108 Å². The van der Waals surface area contributed by atoms with Crippen molar-refractivity contribution in [2.45, 2.75) is 45.2 Å². The summed E-state index contributed by atoms with van der Waals surface area (Å²) in [5.74, 6) is -2.16. The van der Waals surface area contributed by atoms with Crippen molar-refractivity contribution < 1.29 is 24.6 Å². The van der Waals surface area contributed by atoms with E-state index in [1.165, 1.54) is 4.90 Å². The third kappa shape index (κ3) is 4.87. The molecule has 0 saturated heterocycles. The van der Waals surface area contributed by atoms with Gasteiger partial charge in [0.05, 0.1) is 16.8 Å². The second kappa shape index (κ2) is 9.40. The Bertz CT molecular complexity index is 1200. The number of pyridine rings is 1. The number of carboxylic acids is 2. The van der Waals surface area contributed by atoms with Crippen LogP contribution in [0.3, 0.4) is 0 Å². The summed E-state index contributed by atoms with van der Waals surface area (Å²) in [6.45, 7) is 1.79. The molecule has 0 radical (unpaired) electrons. The Morgan fingerprint density at radius 2 is 1.70 bits per heavy atom. The number of fused-ring (bicyclic) bond motifs is 1. The number of benzene rings is 2. The summed E-state index contributed by atoms with van der Waals surface area (Å²) in [6.07, 6.45) is 3.66. The van der Waals surface area contributed by atoms with E-state index in [0.29, 0.717) is 0 Å². The quantitative estimate of drug-likeness (QED) is 0.550. The van der Waals surface area contributed by atoms with E-state index in [2.05, 4.69) is 4.98 Å². The second-order valence-electron chi connectivity index (χ2n) is 8.57. The summed E-state index contributed by atoms with van der Waals surface area (Å²) in [5, 5.41) is 19.5. The molecule has 170 valence electrons. The van der Waals surface area contributed by atoms with Gasteiger partial charge in [0.15, 0.2) is 0 Å². The fraction of sp³-hybridized carbons (Fsp3) is 0.308. The van der Waals surface area contributed by atoms with Gasteiger partial charge in [-0.1, -0.05) is 37.1 Å². The van der Waals surface area contributed by atoms with Crippen LogP contribution in [-0.4, -0.2) is 44.0 Å². The largest absolute Gasteiger partial charge is 0.480 e. The molecule has 1 heterocycles. The normalized spacial score (nSPS) is 14.8. The standard InChI is InChI=1S/C26H26N2O5/c1-16(25(30)31)28(24(29)19-4-2-3-5-19)15-17-6-12-23-21(14-17)11-13-22(27-23)18-7-9-20(10-8-18)26(32)33/h6-14,16,19H,2-5,15H2,1H3,(H,30,31)(H,32,33). The van der Waals surface area contributed by atoms with Crippen molar-refractivity contribution in [2.75, 3.05) is 0 Å². The lowest BCUT2D eigenvalue weighted by Gasteiger charge is -2.29. The second-order valence-corrected chi connectivity index (χ2v) is 8.57. The number of carbonyl (C=O) groups is 3. The minimum Gasteiger partial charge on any atom is -0.480 e. The van der Waals surface area contributed by atoms with Crippen molar-refractivity contribution in [1.29, 1.82) is 0 Å². The molecule has 3 aromatic rings. The molecule has 1 aliphatic carbocycles. The van der Waals surface area contributed by atoms with Gasteiger partial charge < -0.3 is 15.1 Å². The SMILES string of the molecule is CC(C(=O)O)N(Cc1ccc2nc(-c3ccc(C(=O)O)cc3)ccc2c1)C(=O)C1CCCC1. The van der Waals surface area contributed by atoms with Crippen LogP contribution >= 0.6 is 0 Å². The molecule has 1 aromatic heterocycles. The molecular formula is C26H26N2O5. The number of hydrogen-bond donors (Lipinski definition) is 2. The molecule has 0 spiro atoms. The van der Waals surface area contributed by atoms with Crippen LogP contribution in [-0.2, 0) is 16.1 Å². The number of carboxylic acid groups (broad SMARTS) is 2. The van der Waals surface area contributed by atoms with E-state index >= 15 is 0 Å². The van der Waals surface area contributed by atoms with Gasteiger partial charge in [-0.05, 0) is 55.7 Å². The molecule has 7 nitrogen and oxygen atoms in total. The number of nitrogens with zero attached hydrogens (tertiary/aromatic N) is 2. The van der Waals surface area contributed by atoms with Gasteiger partial charge in [0.2, 0.25) is 5.91 Å². The van der Waals surface area contributed by atoms with Crippen molar-refractivity contribution in [2.24, 2.45) is 5.92 Å². The van der Waals surface area contributed by atoms with E-state index in [1.807, 2.05) is 30.3 Å². The number of carbonyl (C=O) groups excluding carboxylic acids is 1. The van der Waals surface area contributed by atoms with Gasteiger partial charge in [0.1, 0.15) is 6.04 Å². The van der Waals surface area contributed by atoms with E-state index in [-0.39, 0.29) is 23.9 Å². The lowest BCUT2D eigenvalue weighted by Crippen LogP contribution is -2.45. The van der Waals surface area contributed by atoms with Gasteiger partial charge in [-0.2, -0.15) is 0 Å². The Kier molecular flexibility index (Phi) is 6.40. The minimum atomic E-state index is -1.01. The van der Waals surface area contributed by atoms with Gasteiger partial charge in [-0.25, -0.2) is 14.6 Å². The smallest absolute Gasteiger partial charge is 0.335 e. The Morgan fingerprint density at radius 1 is 1.00 bits per heavy atom. The highest BCUT2D eigenvalue weighted by molar-refractivity contribution is 5.89. The minimum absolute atomic E-state index is 0.0826. The van der Waals surface area contributed by atoms with Gasteiger partial charge in [-0.3, -0.25) is 4.79 Å². The van der Waals surface area contributed by atoms with Crippen LogP contribution in [0.4, 0.5) is 0 Å². The fourth-order valence-electron chi connectivity index (χ4n) is 4.36. The van der Waals surface area contributed by atoms with Crippen LogP contribution in [0.15, 0.2) is 54.6 Å². The zero-order chi connectivity index (χ0) is 23.5. The van der Waals surface area contributed by atoms with Crippen molar-refractivity contribution in [1.82, 2.24) is 9.88 Å². The molecule has 1 amide bonds. The van der Waals surface area contributed by atoms with E-state index in [9.17, 15) is 19.5 Å². The van der Waals surface area contributed by atoms with E-state index in [1.54, 1.807) is 31.2 Å². The van der Waals surface area contributed by atoms with E-state index in [4.69, 9.17) is 5.11 Å². The van der Waals surface area contributed by atoms with E-state index in [0.717, 1.165) is 53.4 Å². The molecule has 7 heteroatoms. The first-order chi connectivity index (χ1) is 15.8. The predicted molar refractivity (Wildman–Crippen MR) is 124 cm³/mol. The van der Waals surface area contributed by atoms with Crippen LogP contribution in [0.5, 0.6) is 0 Å². The number of aliphatic carboxylic acids is 1. The molecule has 2 N–H and O–H groups in total. The zero-order valence-corrected chi connectivity index (χ0v) is 18.4. The lowest BCUT2D eigenvalue weighted by molar-refractivity contribution is -0.151. The van der Waals surface area contributed by atoms with Crippen molar-refractivity contribution in [3.8, 4) is 11.3 Å².